The normalized spacial score (nSPS) is 11.7. The largest absolute Gasteiger partial charge is 0.310 e. The fourth-order valence-electron chi connectivity index (χ4n) is 1.77. The molecule has 1 unspecified atom stereocenters. The molecule has 0 saturated carbocycles. The third kappa shape index (κ3) is 3.85. The van der Waals surface area contributed by atoms with Crippen LogP contribution in [0.15, 0.2) is 47.1 Å². The first-order valence-corrected chi connectivity index (χ1v) is 6.93. The summed E-state index contributed by atoms with van der Waals surface area (Å²) < 4.78 is 0.802. The number of hydrogen-bond donors (Lipinski definition) is 1. The van der Waals surface area contributed by atoms with Crippen molar-refractivity contribution in [1.82, 2.24) is 4.98 Å². The topological polar surface area (TPSA) is 85.1 Å². The maximum absolute atomic E-state index is 12.2. The Morgan fingerprint density at radius 1 is 1.38 bits per heavy atom. The fourth-order valence-corrected chi connectivity index (χ4v) is 2.10. The lowest BCUT2D eigenvalue weighted by atomic mass is 10.00. The van der Waals surface area contributed by atoms with Gasteiger partial charge in [-0.3, -0.25) is 14.9 Å². The molecule has 0 aliphatic rings. The molecule has 2 rings (SSSR count). The van der Waals surface area contributed by atoms with E-state index in [1.165, 1.54) is 12.1 Å². The Balaban J connectivity index is 2.15. The first-order chi connectivity index (χ1) is 9.97. The molecule has 108 valence electrons. The maximum Gasteiger partial charge on any atom is 0.269 e. The molecule has 1 aromatic heterocycles. The number of halogens is 1. The summed E-state index contributed by atoms with van der Waals surface area (Å²) in [6.07, 6.45) is 1.57. The summed E-state index contributed by atoms with van der Waals surface area (Å²) >= 11 is 3.29. The molecule has 1 amide bonds. The van der Waals surface area contributed by atoms with E-state index in [0.29, 0.717) is 11.4 Å². The van der Waals surface area contributed by atoms with Gasteiger partial charge < -0.3 is 5.32 Å². The molecule has 21 heavy (non-hydrogen) atoms. The first-order valence-electron chi connectivity index (χ1n) is 6.14. The predicted octanol–water partition coefficient (Wildman–Crippen LogP) is 3.49. The van der Waals surface area contributed by atoms with E-state index in [1.54, 1.807) is 37.4 Å². The van der Waals surface area contributed by atoms with Crippen LogP contribution in [0.1, 0.15) is 18.4 Å². The number of nitro benzene ring substituents is 1. The number of rotatable bonds is 4. The molecule has 1 heterocycles. The number of aromatic nitrogens is 1. The van der Waals surface area contributed by atoms with Gasteiger partial charge in [-0.2, -0.15) is 0 Å². The van der Waals surface area contributed by atoms with E-state index in [9.17, 15) is 14.9 Å². The van der Waals surface area contributed by atoms with Crippen LogP contribution in [-0.4, -0.2) is 15.8 Å². The van der Waals surface area contributed by atoms with Crippen LogP contribution in [0.4, 0.5) is 11.5 Å². The lowest BCUT2D eigenvalue weighted by molar-refractivity contribution is -0.384. The van der Waals surface area contributed by atoms with Crippen molar-refractivity contribution in [2.45, 2.75) is 12.8 Å². The molecular formula is C14H12BrN3O3. The predicted molar refractivity (Wildman–Crippen MR) is 82.1 cm³/mol. The van der Waals surface area contributed by atoms with Crippen LogP contribution in [-0.2, 0) is 4.79 Å². The molecule has 1 aromatic carbocycles. The van der Waals surface area contributed by atoms with E-state index in [4.69, 9.17) is 0 Å². The number of nitrogens with zero attached hydrogens (tertiary/aromatic N) is 2. The third-order valence-corrected chi connectivity index (χ3v) is 3.44. The second-order valence-corrected chi connectivity index (χ2v) is 5.34. The highest BCUT2D eigenvalue weighted by atomic mass is 79.9. The van der Waals surface area contributed by atoms with Crippen LogP contribution in [0, 0.1) is 10.1 Å². The van der Waals surface area contributed by atoms with E-state index >= 15 is 0 Å². The summed E-state index contributed by atoms with van der Waals surface area (Å²) in [5.74, 6) is -0.376. The zero-order valence-electron chi connectivity index (χ0n) is 11.1. The minimum Gasteiger partial charge on any atom is -0.310 e. The molecule has 0 fully saturated rings. The molecule has 0 radical (unpaired) electrons. The Morgan fingerprint density at radius 3 is 2.81 bits per heavy atom. The first kappa shape index (κ1) is 15.1. The molecule has 0 bridgehead atoms. The zero-order chi connectivity index (χ0) is 15.4. The van der Waals surface area contributed by atoms with Crippen LogP contribution in [0.2, 0.25) is 0 Å². The Labute approximate surface area is 129 Å². The Bertz CT molecular complexity index is 691. The molecule has 1 N–H and O–H groups in total. The molecule has 7 heteroatoms. The molecule has 2 aromatic rings. The summed E-state index contributed by atoms with van der Waals surface area (Å²) in [7, 11) is 0. The van der Waals surface area contributed by atoms with Crippen LogP contribution in [0.3, 0.4) is 0 Å². The number of nitro groups is 1. The van der Waals surface area contributed by atoms with Crippen molar-refractivity contribution >= 4 is 33.3 Å². The Morgan fingerprint density at radius 2 is 2.14 bits per heavy atom. The van der Waals surface area contributed by atoms with E-state index < -0.39 is 10.8 Å². The lowest BCUT2D eigenvalue weighted by Crippen LogP contribution is -2.19. The highest BCUT2D eigenvalue weighted by molar-refractivity contribution is 9.10. The van der Waals surface area contributed by atoms with Crippen molar-refractivity contribution in [2.24, 2.45) is 0 Å². The second kappa shape index (κ2) is 6.45. The standard InChI is InChI=1S/C14H12BrN3O3/c1-9(10-3-2-4-12(7-10)18(20)21)14(19)17-13-8-11(15)5-6-16-13/h2-9H,1H3,(H,16,17,19). The van der Waals surface area contributed by atoms with Crippen LogP contribution < -0.4 is 5.32 Å². The fraction of sp³-hybridized carbons (Fsp3) is 0.143. The van der Waals surface area contributed by atoms with Crippen LogP contribution in [0.5, 0.6) is 0 Å². The van der Waals surface area contributed by atoms with Crippen LogP contribution in [0.25, 0.3) is 0 Å². The molecule has 0 aliphatic heterocycles. The number of pyridine rings is 1. The maximum atomic E-state index is 12.2. The lowest BCUT2D eigenvalue weighted by Gasteiger charge is -2.12. The molecule has 0 saturated heterocycles. The number of non-ortho nitro benzene ring substituents is 1. The summed E-state index contributed by atoms with van der Waals surface area (Å²) in [5.41, 5.74) is 0.546. The van der Waals surface area contributed by atoms with E-state index in [2.05, 4.69) is 26.2 Å². The van der Waals surface area contributed by atoms with E-state index in [-0.39, 0.29) is 11.6 Å². The summed E-state index contributed by atoms with van der Waals surface area (Å²) in [6.45, 7) is 1.69. The SMILES string of the molecule is CC(C(=O)Nc1cc(Br)ccn1)c1cccc([N+](=O)[O-])c1. The monoisotopic (exact) mass is 349 g/mol. The Hall–Kier alpha value is -2.28. The number of carbonyl (C=O) groups excluding carboxylic acids is 1. The smallest absolute Gasteiger partial charge is 0.269 e. The van der Waals surface area contributed by atoms with Crippen molar-refractivity contribution in [3.05, 3.63) is 62.7 Å². The number of amides is 1. The molecule has 1 atom stereocenters. The highest BCUT2D eigenvalue weighted by Crippen LogP contribution is 2.22. The van der Waals surface area contributed by atoms with Gasteiger partial charge >= 0.3 is 0 Å². The van der Waals surface area contributed by atoms with Gasteiger partial charge in [0.15, 0.2) is 0 Å². The van der Waals surface area contributed by atoms with Crippen molar-refractivity contribution in [1.29, 1.82) is 0 Å². The van der Waals surface area contributed by atoms with E-state index in [1.807, 2.05) is 0 Å². The molecule has 6 nitrogen and oxygen atoms in total. The average molecular weight is 350 g/mol. The van der Waals surface area contributed by atoms with Gasteiger partial charge in [-0.25, -0.2) is 4.98 Å². The van der Waals surface area contributed by atoms with Gasteiger partial charge in [-0.05, 0) is 24.6 Å². The molecule has 0 spiro atoms. The van der Waals surface area contributed by atoms with Crippen molar-refractivity contribution in [3.63, 3.8) is 0 Å². The molecule has 0 aliphatic carbocycles. The van der Waals surface area contributed by atoms with Gasteiger partial charge in [0.05, 0.1) is 10.8 Å². The van der Waals surface area contributed by atoms with Crippen LogP contribution >= 0.6 is 15.9 Å². The van der Waals surface area contributed by atoms with Gasteiger partial charge in [0.25, 0.3) is 5.69 Å². The van der Waals surface area contributed by atoms with Gasteiger partial charge in [0, 0.05) is 22.8 Å². The summed E-state index contributed by atoms with van der Waals surface area (Å²) in [4.78, 5) is 26.5. The molecular weight excluding hydrogens is 338 g/mol. The third-order valence-electron chi connectivity index (χ3n) is 2.95. The number of anilines is 1. The Kier molecular flexibility index (Phi) is 4.64. The van der Waals surface area contributed by atoms with Gasteiger partial charge in [-0.1, -0.05) is 28.1 Å². The average Bonchev–Trinajstić information content (AvgIpc) is 2.46. The van der Waals surface area contributed by atoms with Gasteiger partial charge in [0.1, 0.15) is 5.82 Å². The summed E-state index contributed by atoms with van der Waals surface area (Å²) in [5, 5.41) is 13.4. The minimum atomic E-state index is -0.523. The van der Waals surface area contributed by atoms with Crippen molar-refractivity contribution < 1.29 is 9.72 Å². The number of nitrogens with one attached hydrogen (secondary N) is 1. The van der Waals surface area contributed by atoms with Crippen molar-refractivity contribution in [3.8, 4) is 0 Å². The van der Waals surface area contributed by atoms with Crippen molar-refractivity contribution in [2.75, 3.05) is 5.32 Å². The van der Waals surface area contributed by atoms with E-state index in [0.717, 1.165) is 4.47 Å². The summed E-state index contributed by atoms with van der Waals surface area (Å²) in [6, 6.07) is 9.47. The zero-order valence-corrected chi connectivity index (χ0v) is 12.7. The van der Waals surface area contributed by atoms with Gasteiger partial charge in [0.2, 0.25) is 5.91 Å². The minimum absolute atomic E-state index is 0.0345. The number of benzene rings is 1. The van der Waals surface area contributed by atoms with Gasteiger partial charge in [-0.15, -0.1) is 0 Å². The highest BCUT2D eigenvalue weighted by Gasteiger charge is 2.18. The second-order valence-electron chi connectivity index (χ2n) is 4.42. The number of carbonyl (C=O) groups is 1. The number of hydrogen-bond acceptors (Lipinski definition) is 4. The quantitative estimate of drug-likeness (QED) is 0.676.